The molecular weight excluding hydrogens is 444 g/mol. The van der Waals surface area contributed by atoms with E-state index in [4.69, 9.17) is 11.6 Å². The van der Waals surface area contributed by atoms with E-state index in [0.29, 0.717) is 32.4 Å². The Labute approximate surface area is 192 Å². The molecule has 0 fully saturated rings. The largest absolute Gasteiger partial charge is 0.322 e. The Morgan fingerprint density at radius 1 is 0.969 bits per heavy atom. The molecule has 6 nitrogen and oxygen atoms in total. The molecule has 8 heteroatoms. The minimum Gasteiger partial charge on any atom is -0.322 e. The minimum atomic E-state index is -0.296. The van der Waals surface area contributed by atoms with Gasteiger partial charge in [-0.25, -0.2) is 9.50 Å². The summed E-state index contributed by atoms with van der Waals surface area (Å²) >= 11 is 7.52. The van der Waals surface area contributed by atoms with Crippen molar-refractivity contribution in [2.45, 2.75) is 0 Å². The van der Waals surface area contributed by atoms with Crippen LogP contribution in [0.4, 0.5) is 5.69 Å². The van der Waals surface area contributed by atoms with Gasteiger partial charge in [-0.15, -0.1) is 11.3 Å². The second-order valence-electron chi connectivity index (χ2n) is 6.94. The van der Waals surface area contributed by atoms with Crippen molar-refractivity contribution in [3.05, 3.63) is 106 Å². The number of nitrogens with one attached hydrogen (secondary N) is 1. The van der Waals surface area contributed by atoms with Gasteiger partial charge in [0, 0.05) is 17.4 Å². The summed E-state index contributed by atoms with van der Waals surface area (Å²) in [6.07, 6.45) is 3.18. The Bertz CT molecular complexity index is 1460. The molecule has 156 valence electrons. The van der Waals surface area contributed by atoms with E-state index in [9.17, 15) is 9.59 Å². The highest BCUT2D eigenvalue weighted by Crippen LogP contribution is 2.26. The Morgan fingerprint density at radius 2 is 1.84 bits per heavy atom. The summed E-state index contributed by atoms with van der Waals surface area (Å²) in [7, 11) is 0. The Kier molecular flexibility index (Phi) is 5.26. The van der Waals surface area contributed by atoms with Crippen LogP contribution in [0.3, 0.4) is 0 Å². The van der Waals surface area contributed by atoms with Crippen molar-refractivity contribution in [1.82, 2.24) is 14.6 Å². The van der Waals surface area contributed by atoms with E-state index in [1.807, 2.05) is 35.7 Å². The monoisotopic (exact) mass is 458 g/mol. The van der Waals surface area contributed by atoms with Crippen molar-refractivity contribution in [2.75, 3.05) is 5.32 Å². The van der Waals surface area contributed by atoms with Crippen molar-refractivity contribution >= 4 is 46.0 Å². The van der Waals surface area contributed by atoms with Crippen molar-refractivity contribution in [3.63, 3.8) is 0 Å². The Morgan fingerprint density at radius 3 is 2.66 bits per heavy atom. The maximum Gasteiger partial charge on any atom is 0.257 e. The molecule has 0 atom stereocenters. The van der Waals surface area contributed by atoms with Crippen LogP contribution in [-0.2, 0) is 0 Å². The molecule has 0 saturated heterocycles. The van der Waals surface area contributed by atoms with Gasteiger partial charge < -0.3 is 5.32 Å². The third-order valence-corrected chi connectivity index (χ3v) is 6.12. The number of halogens is 1. The molecule has 1 amide bonds. The lowest BCUT2D eigenvalue weighted by Gasteiger charge is -2.10. The summed E-state index contributed by atoms with van der Waals surface area (Å²) in [5, 5.41) is 9.53. The van der Waals surface area contributed by atoms with Gasteiger partial charge in [0.15, 0.2) is 5.65 Å². The first-order valence-corrected chi connectivity index (χ1v) is 10.9. The summed E-state index contributed by atoms with van der Waals surface area (Å²) in [5.41, 5.74) is 3.49. The van der Waals surface area contributed by atoms with Crippen molar-refractivity contribution in [1.29, 1.82) is 0 Å². The topological polar surface area (TPSA) is 76.4 Å². The van der Waals surface area contributed by atoms with E-state index >= 15 is 0 Å². The number of thiophene rings is 1. The molecule has 0 aliphatic rings. The lowest BCUT2D eigenvalue weighted by Crippen LogP contribution is -2.12. The van der Waals surface area contributed by atoms with Crippen LogP contribution in [0.5, 0.6) is 0 Å². The molecule has 32 heavy (non-hydrogen) atoms. The highest BCUT2D eigenvalue weighted by molar-refractivity contribution is 7.12. The third kappa shape index (κ3) is 3.68. The first-order chi connectivity index (χ1) is 15.6. The Balaban J connectivity index is 1.49. The van der Waals surface area contributed by atoms with Gasteiger partial charge in [0.25, 0.3) is 5.91 Å². The number of aromatic nitrogens is 3. The smallest absolute Gasteiger partial charge is 0.257 e. The van der Waals surface area contributed by atoms with Crippen LogP contribution in [0.1, 0.15) is 25.6 Å². The van der Waals surface area contributed by atoms with Crippen LogP contribution >= 0.6 is 22.9 Å². The number of fused-ring (bicyclic) bond motifs is 1. The summed E-state index contributed by atoms with van der Waals surface area (Å²) in [6.45, 7) is 0. The SMILES string of the molecule is O=C(Nc1cccc(-c2ccnc3c(C(=O)c4cccs4)cnn23)c1)c1ccccc1Cl. The average molecular weight is 459 g/mol. The standard InChI is InChI=1S/C24H15ClN4O2S/c25-19-8-2-1-7-17(19)24(31)28-16-6-3-5-15(13-16)20-10-11-26-23-18(14-27-29(20)23)22(30)21-9-4-12-32-21/h1-14H,(H,28,31). The molecule has 2 aromatic carbocycles. The van der Waals surface area contributed by atoms with E-state index in [2.05, 4.69) is 15.4 Å². The second kappa shape index (κ2) is 8.37. The third-order valence-electron chi connectivity index (χ3n) is 4.93. The van der Waals surface area contributed by atoms with E-state index in [-0.39, 0.29) is 11.7 Å². The maximum absolute atomic E-state index is 12.8. The lowest BCUT2D eigenvalue weighted by molar-refractivity contribution is 0.102. The van der Waals surface area contributed by atoms with Gasteiger partial charge in [-0.3, -0.25) is 9.59 Å². The molecule has 0 spiro atoms. The normalized spacial score (nSPS) is 10.9. The number of hydrogen-bond acceptors (Lipinski definition) is 5. The van der Waals surface area contributed by atoms with E-state index in [1.165, 1.54) is 17.5 Å². The van der Waals surface area contributed by atoms with Gasteiger partial charge in [0.1, 0.15) is 0 Å². The number of rotatable bonds is 5. The number of anilines is 1. The minimum absolute atomic E-state index is 0.111. The van der Waals surface area contributed by atoms with Crippen LogP contribution in [-0.4, -0.2) is 26.3 Å². The number of benzene rings is 2. The quantitative estimate of drug-likeness (QED) is 0.348. The number of carbonyl (C=O) groups excluding carboxylic acids is 2. The second-order valence-corrected chi connectivity index (χ2v) is 8.30. The van der Waals surface area contributed by atoms with Crippen LogP contribution in [0.25, 0.3) is 16.9 Å². The number of ketones is 1. The molecule has 0 aliphatic heterocycles. The molecule has 3 aromatic heterocycles. The first-order valence-electron chi connectivity index (χ1n) is 9.69. The van der Waals surface area contributed by atoms with Crippen LogP contribution in [0, 0.1) is 0 Å². The summed E-state index contributed by atoms with van der Waals surface area (Å²) < 4.78 is 1.63. The maximum atomic E-state index is 12.8. The van der Waals surface area contributed by atoms with Crippen molar-refractivity contribution in [2.24, 2.45) is 0 Å². The molecule has 5 rings (SSSR count). The molecule has 0 radical (unpaired) electrons. The zero-order valence-corrected chi connectivity index (χ0v) is 18.1. The zero-order valence-electron chi connectivity index (χ0n) is 16.5. The van der Waals surface area contributed by atoms with Gasteiger partial charge in [-0.1, -0.05) is 41.9 Å². The average Bonchev–Trinajstić information content (AvgIpc) is 3.49. The predicted molar refractivity (Wildman–Crippen MR) is 126 cm³/mol. The van der Waals surface area contributed by atoms with E-state index in [1.54, 1.807) is 47.1 Å². The van der Waals surface area contributed by atoms with Gasteiger partial charge in [0.2, 0.25) is 5.78 Å². The fraction of sp³-hybridized carbons (Fsp3) is 0. The van der Waals surface area contributed by atoms with Crippen LogP contribution in [0.2, 0.25) is 5.02 Å². The molecular formula is C24H15ClN4O2S. The Hall–Kier alpha value is -3.81. The number of carbonyl (C=O) groups is 2. The molecule has 3 heterocycles. The highest BCUT2D eigenvalue weighted by Gasteiger charge is 2.18. The van der Waals surface area contributed by atoms with E-state index in [0.717, 1.165) is 11.3 Å². The van der Waals surface area contributed by atoms with Crippen molar-refractivity contribution < 1.29 is 9.59 Å². The van der Waals surface area contributed by atoms with Gasteiger partial charge >= 0.3 is 0 Å². The summed E-state index contributed by atoms with van der Waals surface area (Å²) in [4.78, 5) is 30.5. The predicted octanol–water partition coefficient (Wildman–Crippen LogP) is 5.59. The van der Waals surface area contributed by atoms with E-state index < -0.39 is 0 Å². The van der Waals surface area contributed by atoms with Gasteiger partial charge in [-0.05, 0) is 41.8 Å². The first kappa shape index (κ1) is 20.1. The van der Waals surface area contributed by atoms with Crippen LogP contribution in [0.15, 0.2) is 84.5 Å². The lowest BCUT2D eigenvalue weighted by atomic mass is 10.1. The summed E-state index contributed by atoms with van der Waals surface area (Å²) in [5.74, 6) is -0.407. The van der Waals surface area contributed by atoms with Crippen molar-refractivity contribution in [3.8, 4) is 11.3 Å². The number of nitrogens with zero attached hydrogens (tertiary/aromatic N) is 3. The number of hydrogen-bond donors (Lipinski definition) is 1. The van der Waals surface area contributed by atoms with Crippen LogP contribution < -0.4 is 5.32 Å². The number of amides is 1. The molecule has 1 N–H and O–H groups in total. The fourth-order valence-corrected chi connectivity index (χ4v) is 4.31. The van der Waals surface area contributed by atoms with Gasteiger partial charge in [0.05, 0.1) is 32.9 Å². The molecule has 5 aromatic rings. The molecule has 0 unspecified atom stereocenters. The zero-order chi connectivity index (χ0) is 22.1. The highest BCUT2D eigenvalue weighted by atomic mass is 35.5. The molecule has 0 saturated carbocycles. The molecule has 0 aliphatic carbocycles. The summed E-state index contributed by atoms with van der Waals surface area (Å²) in [6, 6.07) is 19.7. The fourth-order valence-electron chi connectivity index (χ4n) is 3.41. The van der Waals surface area contributed by atoms with Gasteiger partial charge in [-0.2, -0.15) is 5.10 Å². The molecule has 0 bridgehead atoms.